The van der Waals surface area contributed by atoms with Gasteiger partial charge in [0.25, 0.3) is 11.8 Å². The zero-order valence-electron chi connectivity index (χ0n) is 17.4. The summed E-state index contributed by atoms with van der Waals surface area (Å²) in [5.74, 6) is -0.510. The average Bonchev–Trinajstić information content (AvgIpc) is 2.95. The summed E-state index contributed by atoms with van der Waals surface area (Å²) < 4.78 is 5.47. The van der Waals surface area contributed by atoms with Crippen molar-refractivity contribution in [2.75, 3.05) is 31.2 Å². The molecule has 5 heteroatoms. The summed E-state index contributed by atoms with van der Waals surface area (Å²) in [4.78, 5) is 30.5. The highest BCUT2D eigenvalue weighted by molar-refractivity contribution is 6.45. The Balaban J connectivity index is 1.86. The number of benzene rings is 2. The van der Waals surface area contributed by atoms with Gasteiger partial charge in [-0.05, 0) is 56.0 Å². The third-order valence-electron chi connectivity index (χ3n) is 5.78. The fourth-order valence-corrected chi connectivity index (χ4v) is 4.03. The van der Waals surface area contributed by atoms with E-state index in [2.05, 4.69) is 0 Å². The standard InChI is InChI=1S/C24H26N2O3/c1-15-5-8-20(18(4)13-15)26-23(27)21(19-7-6-16(2)17(3)14-19)22(24(26)28)25-9-11-29-12-10-25/h5-8,13-14H,9-12H2,1-4H3. The van der Waals surface area contributed by atoms with Crippen molar-refractivity contribution < 1.29 is 14.3 Å². The Morgan fingerprint density at radius 2 is 1.52 bits per heavy atom. The molecule has 0 aliphatic carbocycles. The molecule has 2 heterocycles. The van der Waals surface area contributed by atoms with E-state index in [1.807, 2.05) is 69.0 Å². The summed E-state index contributed by atoms with van der Waals surface area (Å²) in [6, 6.07) is 11.7. The first kappa shape index (κ1) is 19.4. The van der Waals surface area contributed by atoms with Crippen molar-refractivity contribution in [3.63, 3.8) is 0 Å². The second-order valence-electron chi connectivity index (χ2n) is 7.86. The van der Waals surface area contributed by atoms with Crippen LogP contribution >= 0.6 is 0 Å². The van der Waals surface area contributed by atoms with Gasteiger partial charge in [-0.15, -0.1) is 0 Å². The third kappa shape index (κ3) is 3.36. The third-order valence-corrected chi connectivity index (χ3v) is 5.78. The summed E-state index contributed by atoms with van der Waals surface area (Å²) in [7, 11) is 0. The smallest absolute Gasteiger partial charge is 0.282 e. The maximum absolute atomic E-state index is 13.6. The van der Waals surface area contributed by atoms with Crippen LogP contribution in [0.4, 0.5) is 5.69 Å². The number of carbonyl (C=O) groups excluding carboxylic acids is 2. The van der Waals surface area contributed by atoms with Crippen LogP contribution < -0.4 is 4.90 Å². The van der Waals surface area contributed by atoms with Crippen LogP contribution in [-0.2, 0) is 14.3 Å². The number of morpholine rings is 1. The minimum absolute atomic E-state index is 0.253. The number of aryl methyl sites for hydroxylation is 4. The number of nitrogens with zero attached hydrogens (tertiary/aromatic N) is 2. The van der Waals surface area contributed by atoms with Crippen LogP contribution in [0.25, 0.3) is 5.57 Å². The van der Waals surface area contributed by atoms with Crippen LogP contribution in [0.3, 0.4) is 0 Å². The zero-order valence-corrected chi connectivity index (χ0v) is 17.4. The van der Waals surface area contributed by atoms with E-state index in [9.17, 15) is 9.59 Å². The van der Waals surface area contributed by atoms with Gasteiger partial charge in [-0.1, -0.05) is 35.9 Å². The van der Waals surface area contributed by atoms with E-state index < -0.39 is 0 Å². The molecule has 2 aromatic carbocycles. The molecule has 2 aromatic rings. The van der Waals surface area contributed by atoms with Gasteiger partial charge < -0.3 is 9.64 Å². The Bertz CT molecular complexity index is 1030. The lowest BCUT2D eigenvalue weighted by atomic mass is 9.99. The maximum atomic E-state index is 13.6. The van der Waals surface area contributed by atoms with Gasteiger partial charge in [0.2, 0.25) is 0 Å². The molecule has 0 aromatic heterocycles. The molecular weight excluding hydrogens is 364 g/mol. The van der Waals surface area contributed by atoms with Crippen molar-refractivity contribution in [1.82, 2.24) is 4.90 Å². The molecule has 0 unspecified atom stereocenters. The Morgan fingerprint density at radius 3 is 2.17 bits per heavy atom. The largest absolute Gasteiger partial charge is 0.378 e. The SMILES string of the molecule is Cc1ccc(N2C(=O)C(c3ccc(C)c(C)c3)=C(N3CCOCC3)C2=O)c(C)c1. The highest BCUT2D eigenvalue weighted by atomic mass is 16.5. The second kappa shape index (κ2) is 7.48. The fourth-order valence-electron chi connectivity index (χ4n) is 4.03. The summed E-state index contributed by atoms with van der Waals surface area (Å²) in [6.45, 7) is 10.3. The molecular formula is C24H26N2O3. The Labute approximate surface area is 171 Å². The summed E-state index contributed by atoms with van der Waals surface area (Å²) >= 11 is 0. The van der Waals surface area contributed by atoms with Crippen LogP contribution in [0.1, 0.15) is 27.8 Å². The number of ether oxygens (including phenoxy) is 1. The van der Waals surface area contributed by atoms with Gasteiger partial charge in [-0.3, -0.25) is 9.59 Å². The molecule has 0 N–H and O–H groups in total. The van der Waals surface area contributed by atoms with E-state index >= 15 is 0 Å². The lowest BCUT2D eigenvalue weighted by Crippen LogP contribution is -2.40. The fraction of sp³-hybridized carbons (Fsp3) is 0.333. The Kier molecular flexibility index (Phi) is 5.01. The number of rotatable bonds is 3. The van der Waals surface area contributed by atoms with Gasteiger partial charge in [0.05, 0.1) is 24.5 Å². The molecule has 0 spiro atoms. The average molecular weight is 390 g/mol. The zero-order chi connectivity index (χ0) is 20.7. The number of hydrogen-bond donors (Lipinski definition) is 0. The number of carbonyl (C=O) groups is 2. The van der Waals surface area contributed by atoms with E-state index in [0.717, 1.165) is 27.8 Å². The number of imide groups is 1. The van der Waals surface area contributed by atoms with Gasteiger partial charge >= 0.3 is 0 Å². The normalized spacial score (nSPS) is 17.5. The van der Waals surface area contributed by atoms with Crippen LogP contribution in [-0.4, -0.2) is 43.0 Å². The van der Waals surface area contributed by atoms with Crippen LogP contribution in [0.2, 0.25) is 0 Å². The van der Waals surface area contributed by atoms with Gasteiger partial charge in [-0.25, -0.2) is 4.90 Å². The lowest BCUT2D eigenvalue weighted by Gasteiger charge is -2.29. The Morgan fingerprint density at radius 1 is 0.793 bits per heavy atom. The molecule has 1 fully saturated rings. The first-order valence-corrected chi connectivity index (χ1v) is 9.99. The monoisotopic (exact) mass is 390 g/mol. The molecule has 2 amide bonds. The lowest BCUT2D eigenvalue weighted by molar-refractivity contribution is -0.121. The van der Waals surface area contributed by atoms with Crippen molar-refractivity contribution in [2.45, 2.75) is 27.7 Å². The molecule has 2 aliphatic rings. The Hall–Kier alpha value is -2.92. The molecule has 2 aliphatic heterocycles. The molecule has 1 saturated heterocycles. The minimum Gasteiger partial charge on any atom is -0.378 e. The van der Waals surface area contributed by atoms with E-state index in [1.165, 1.54) is 4.90 Å². The highest BCUT2D eigenvalue weighted by Gasteiger charge is 2.43. The van der Waals surface area contributed by atoms with Crippen LogP contribution in [0.5, 0.6) is 0 Å². The summed E-state index contributed by atoms with van der Waals surface area (Å²) in [5, 5.41) is 0. The van der Waals surface area contributed by atoms with Gasteiger partial charge in [0.1, 0.15) is 5.70 Å². The second-order valence-corrected chi connectivity index (χ2v) is 7.86. The minimum atomic E-state index is -0.258. The van der Waals surface area contributed by atoms with E-state index in [0.29, 0.717) is 43.3 Å². The predicted molar refractivity (Wildman–Crippen MR) is 114 cm³/mol. The molecule has 4 rings (SSSR count). The number of anilines is 1. The first-order valence-electron chi connectivity index (χ1n) is 9.99. The first-order chi connectivity index (χ1) is 13.9. The maximum Gasteiger partial charge on any atom is 0.282 e. The van der Waals surface area contributed by atoms with Crippen LogP contribution in [0, 0.1) is 27.7 Å². The number of amides is 2. The van der Waals surface area contributed by atoms with Crippen molar-refractivity contribution in [3.05, 3.63) is 69.9 Å². The van der Waals surface area contributed by atoms with Crippen molar-refractivity contribution in [2.24, 2.45) is 0 Å². The quantitative estimate of drug-likeness (QED) is 0.753. The molecule has 150 valence electrons. The predicted octanol–water partition coefficient (Wildman–Crippen LogP) is 3.54. The van der Waals surface area contributed by atoms with Gasteiger partial charge in [0, 0.05) is 13.1 Å². The molecule has 0 radical (unpaired) electrons. The van der Waals surface area contributed by atoms with E-state index in [4.69, 9.17) is 4.74 Å². The van der Waals surface area contributed by atoms with Crippen LogP contribution in [0.15, 0.2) is 42.1 Å². The summed E-state index contributed by atoms with van der Waals surface area (Å²) in [5.41, 5.74) is 6.68. The number of hydrogen-bond acceptors (Lipinski definition) is 4. The van der Waals surface area contributed by atoms with Crippen molar-refractivity contribution >= 4 is 23.1 Å². The molecule has 0 atom stereocenters. The highest BCUT2D eigenvalue weighted by Crippen LogP contribution is 2.37. The van der Waals surface area contributed by atoms with E-state index in [1.54, 1.807) is 0 Å². The topological polar surface area (TPSA) is 49.9 Å². The molecule has 0 bridgehead atoms. The van der Waals surface area contributed by atoms with Gasteiger partial charge in [-0.2, -0.15) is 0 Å². The summed E-state index contributed by atoms with van der Waals surface area (Å²) in [6.07, 6.45) is 0. The van der Waals surface area contributed by atoms with Crippen molar-refractivity contribution in [3.8, 4) is 0 Å². The molecule has 5 nitrogen and oxygen atoms in total. The van der Waals surface area contributed by atoms with Crippen molar-refractivity contribution in [1.29, 1.82) is 0 Å². The van der Waals surface area contributed by atoms with E-state index in [-0.39, 0.29) is 11.8 Å². The molecule has 29 heavy (non-hydrogen) atoms. The molecule has 0 saturated carbocycles. The van der Waals surface area contributed by atoms with Gasteiger partial charge in [0.15, 0.2) is 0 Å².